The van der Waals surface area contributed by atoms with Gasteiger partial charge >= 0.3 is 0 Å². The fourth-order valence-corrected chi connectivity index (χ4v) is 4.71. The van der Waals surface area contributed by atoms with Crippen LogP contribution in [0.4, 0.5) is 10.1 Å². The number of piperidine rings is 1. The lowest BCUT2D eigenvalue weighted by molar-refractivity contribution is 0.160. The van der Waals surface area contributed by atoms with E-state index in [4.69, 9.17) is 16.2 Å². The Kier molecular flexibility index (Phi) is 5.63. The van der Waals surface area contributed by atoms with Crippen molar-refractivity contribution in [3.8, 4) is 5.75 Å². The number of aliphatic imine (C=N–C) groups is 2. The number of guanidine groups is 2. The number of hydrogen-bond donors (Lipinski definition) is 2. The van der Waals surface area contributed by atoms with Gasteiger partial charge < -0.3 is 21.1 Å². The molecule has 4 rings (SSSR count). The van der Waals surface area contributed by atoms with Crippen molar-refractivity contribution in [3.63, 3.8) is 0 Å². The average Bonchev–Trinajstić information content (AvgIpc) is 2.69. The zero-order valence-corrected chi connectivity index (χ0v) is 17.1. The van der Waals surface area contributed by atoms with Crippen LogP contribution >= 0.6 is 0 Å². The van der Waals surface area contributed by atoms with E-state index in [1.54, 1.807) is 17.0 Å². The van der Waals surface area contributed by atoms with Crippen molar-refractivity contribution in [1.82, 2.24) is 4.90 Å². The Balaban J connectivity index is 1.64. The van der Waals surface area contributed by atoms with E-state index in [9.17, 15) is 0 Å². The zero-order valence-electron chi connectivity index (χ0n) is 17.1. The molecular formula is C21H31FN6O. The third kappa shape index (κ3) is 4.03. The molecule has 0 unspecified atom stereocenters. The summed E-state index contributed by atoms with van der Waals surface area (Å²) in [5.74, 6) is 0.902. The summed E-state index contributed by atoms with van der Waals surface area (Å²) >= 11 is 0. The lowest BCUT2D eigenvalue weighted by Gasteiger charge is -2.46. The molecule has 0 aromatic heterocycles. The Bertz CT molecular complexity index is 796. The van der Waals surface area contributed by atoms with Crippen LogP contribution in [0.5, 0.6) is 5.75 Å². The van der Waals surface area contributed by atoms with E-state index in [-0.39, 0.29) is 17.7 Å². The van der Waals surface area contributed by atoms with Gasteiger partial charge in [-0.05, 0) is 76.7 Å². The van der Waals surface area contributed by atoms with Crippen LogP contribution in [0.3, 0.4) is 0 Å². The molecule has 2 fully saturated rings. The predicted octanol–water partition coefficient (Wildman–Crippen LogP) is 2.66. The lowest BCUT2D eigenvalue weighted by Crippen LogP contribution is -2.58. The number of anilines is 1. The van der Waals surface area contributed by atoms with Crippen molar-refractivity contribution in [2.24, 2.45) is 27.4 Å². The predicted molar refractivity (Wildman–Crippen MR) is 114 cm³/mol. The van der Waals surface area contributed by atoms with Crippen molar-refractivity contribution >= 4 is 17.6 Å². The molecule has 4 N–H and O–H groups in total. The molecule has 0 amide bonds. The molecule has 0 radical (unpaired) electrons. The molecule has 1 saturated heterocycles. The smallest absolute Gasteiger partial charge is 0.220 e. The number of rotatable bonds is 4. The maximum absolute atomic E-state index is 15.1. The zero-order chi connectivity index (χ0) is 20.4. The largest absolute Gasteiger partial charge is 0.491 e. The van der Waals surface area contributed by atoms with Crippen LogP contribution in [0, 0.1) is 11.7 Å². The number of nitrogens with zero attached hydrogens (tertiary/aromatic N) is 4. The summed E-state index contributed by atoms with van der Waals surface area (Å²) in [6.07, 6.45) is 6.78. The first-order valence-corrected chi connectivity index (χ1v) is 10.6. The number of halogens is 1. The summed E-state index contributed by atoms with van der Waals surface area (Å²) in [7, 11) is 2.13. The maximum atomic E-state index is 15.1. The van der Waals surface area contributed by atoms with Crippen LogP contribution in [0.25, 0.3) is 0 Å². The van der Waals surface area contributed by atoms with Crippen molar-refractivity contribution in [2.75, 3.05) is 31.6 Å². The second-order valence-electron chi connectivity index (χ2n) is 8.46. The van der Waals surface area contributed by atoms with Gasteiger partial charge in [0.25, 0.3) is 0 Å². The fraction of sp³-hybridized carbons (Fsp3) is 0.619. The highest BCUT2D eigenvalue weighted by molar-refractivity contribution is 6.06. The molecule has 2 aliphatic heterocycles. The van der Waals surface area contributed by atoms with Crippen molar-refractivity contribution in [3.05, 3.63) is 24.0 Å². The molecule has 1 spiro atoms. The number of ether oxygens (including phenoxy) is 1. The third-order valence-electron chi connectivity index (χ3n) is 6.34. The van der Waals surface area contributed by atoms with Crippen LogP contribution in [0.2, 0.25) is 0 Å². The molecule has 158 valence electrons. The minimum Gasteiger partial charge on any atom is -0.491 e. The molecule has 1 aliphatic carbocycles. The number of benzene rings is 1. The summed E-state index contributed by atoms with van der Waals surface area (Å²) < 4.78 is 21.3. The lowest BCUT2D eigenvalue weighted by atomic mass is 9.87. The van der Waals surface area contributed by atoms with E-state index in [0.717, 1.165) is 58.0 Å². The van der Waals surface area contributed by atoms with Gasteiger partial charge in [-0.25, -0.2) is 9.38 Å². The highest BCUT2D eigenvalue weighted by Crippen LogP contribution is 2.43. The molecule has 0 atom stereocenters. The number of nitrogens with two attached hydrogens (primary N) is 2. The van der Waals surface area contributed by atoms with Gasteiger partial charge in [0.05, 0.1) is 6.61 Å². The van der Waals surface area contributed by atoms with Crippen molar-refractivity contribution < 1.29 is 9.13 Å². The molecule has 1 aromatic rings. The van der Waals surface area contributed by atoms with E-state index < -0.39 is 5.66 Å². The molecule has 1 aromatic carbocycles. The highest BCUT2D eigenvalue weighted by Gasteiger charge is 2.44. The molecule has 3 aliphatic rings. The molecular weight excluding hydrogens is 371 g/mol. The van der Waals surface area contributed by atoms with Crippen LogP contribution in [0.1, 0.15) is 44.9 Å². The summed E-state index contributed by atoms with van der Waals surface area (Å²) in [5, 5.41) is 0. The highest BCUT2D eigenvalue weighted by atomic mass is 19.1. The number of para-hydroxylation sites is 1. The Hall–Kier alpha value is -2.35. The Morgan fingerprint density at radius 1 is 1.17 bits per heavy atom. The summed E-state index contributed by atoms with van der Waals surface area (Å²) in [4.78, 5) is 12.8. The number of hydrogen-bond acceptors (Lipinski definition) is 7. The standard InChI is InChI=1S/C21H31FN6O/c1-27-12-8-15(9-13-27)14-29-17-7-5-6-16(22)18(17)28-20(24)25-19(23)26-21(28)10-3-2-4-11-21/h5-7,15H,2-4,8-14H2,1H3,(H4,23,24,25,26). The SMILES string of the molecule is CN1CCC(COc2cccc(F)c2N2C(N)=NC(N)=NC23CCCCC3)CC1. The van der Waals surface area contributed by atoms with Crippen LogP contribution in [-0.4, -0.2) is 49.2 Å². The minimum absolute atomic E-state index is 0.158. The second kappa shape index (κ2) is 8.18. The molecule has 8 heteroatoms. The van der Waals surface area contributed by atoms with E-state index >= 15 is 4.39 Å². The first-order chi connectivity index (χ1) is 14.0. The second-order valence-corrected chi connectivity index (χ2v) is 8.46. The Labute approximate surface area is 171 Å². The third-order valence-corrected chi connectivity index (χ3v) is 6.34. The fourth-order valence-electron chi connectivity index (χ4n) is 4.71. The Morgan fingerprint density at radius 3 is 2.62 bits per heavy atom. The van der Waals surface area contributed by atoms with E-state index in [1.165, 1.54) is 6.07 Å². The van der Waals surface area contributed by atoms with Gasteiger partial charge in [-0.1, -0.05) is 12.5 Å². The van der Waals surface area contributed by atoms with Crippen LogP contribution in [0.15, 0.2) is 28.2 Å². The minimum atomic E-state index is -0.692. The van der Waals surface area contributed by atoms with Crippen LogP contribution in [-0.2, 0) is 0 Å². The summed E-state index contributed by atoms with van der Waals surface area (Å²) in [5.41, 5.74) is 11.9. The molecule has 7 nitrogen and oxygen atoms in total. The Morgan fingerprint density at radius 2 is 1.90 bits per heavy atom. The van der Waals surface area contributed by atoms with E-state index in [0.29, 0.717) is 24.0 Å². The van der Waals surface area contributed by atoms with Gasteiger partial charge in [-0.2, -0.15) is 4.99 Å². The van der Waals surface area contributed by atoms with E-state index in [1.807, 2.05) is 0 Å². The van der Waals surface area contributed by atoms with Gasteiger partial charge in [0.2, 0.25) is 11.9 Å². The summed E-state index contributed by atoms with van der Waals surface area (Å²) in [6, 6.07) is 4.91. The molecule has 29 heavy (non-hydrogen) atoms. The average molecular weight is 403 g/mol. The normalized spacial score (nSPS) is 23.0. The van der Waals surface area contributed by atoms with E-state index in [2.05, 4.69) is 21.9 Å². The maximum Gasteiger partial charge on any atom is 0.220 e. The van der Waals surface area contributed by atoms with Crippen molar-refractivity contribution in [2.45, 2.75) is 50.6 Å². The van der Waals surface area contributed by atoms with Gasteiger partial charge in [-0.3, -0.25) is 4.90 Å². The van der Waals surface area contributed by atoms with Gasteiger partial charge in [-0.15, -0.1) is 0 Å². The number of likely N-dealkylation sites (tertiary alicyclic amines) is 1. The quantitative estimate of drug-likeness (QED) is 0.808. The summed E-state index contributed by atoms with van der Waals surface area (Å²) in [6.45, 7) is 2.69. The molecule has 2 heterocycles. The molecule has 1 saturated carbocycles. The topological polar surface area (TPSA) is 92.5 Å². The van der Waals surface area contributed by atoms with Gasteiger partial charge in [0.15, 0.2) is 5.82 Å². The first kappa shape index (κ1) is 19.9. The first-order valence-electron chi connectivity index (χ1n) is 10.6. The van der Waals surface area contributed by atoms with Crippen LogP contribution < -0.4 is 21.1 Å². The van der Waals surface area contributed by atoms with Gasteiger partial charge in [0.1, 0.15) is 17.1 Å². The van der Waals surface area contributed by atoms with Gasteiger partial charge in [0, 0.05) is 0 Å². The monoisotopic (exact) mass is 402 g/mol. The van der Waals surface area contributed by atoms with Crippen molar-refractivity contribution in [1.29, 1.82) is 0 Å². The molecule has 0 bridgehead atoms.